The predicted octanol–water partition coefficient (Wildman–Crippen LogP) is 3.89. The quantitative estimate of drug-likeness (QED) is 0.905. The second-order valence-electron chi connectivity index (χ2n) is 6.10. The molecule has 3 rings (SSSR count). The maximum Gasteiger partial charge on any atom is 0.123 e. The summed E-state index contributed by atoms with van der Waals surface area (Å²) in [4.78, 5) is 0. The van der Waals surface area contributed by atoms with Crippen LogP contribution in [0.15, 0.2) is 48.5 Å². The van der Waals surface area contributed by atoms with Crippen LogP contribution in [0.3, 0.4) is 0 Å². The van der Waals surface area contributed by atoms with Gasteiger partial charge in [-0.05, 0) is 66.8 Å². The highest BCUT2D eigenvalue weighted by Crippen LogP contribution is 2.28. The van der Waals surface area contributed by atoms with E-state index < -0.39 is 0 Å². The maximum absolute atomic E-state index is 12.9. The number of halogens is 1. The molecule has 1 aliphatic rings. The molecule has 0 aliphatic heterocycles. The summed E-state index contributed by atoms with van der Waals surface area (Å²) in [5.74, 6) is 0.396. The first kappa shape index (κ1) is 14.3. The Labute approximate surface area is 126 Å². The van der Waals surface area contributed by atoms with Gasteiger partial charge >= 0.3 is 0 Å². The number of rotatable bonds is 4. The van der Waals surface area contributed by atoms with Crippen molar-refractivity contribution in [3.8, 4) is 0 Å². The second-order valence-corrected chi connectivity index (χ2v) is 6.10. The molecule has 0 saturated heterocycles. The SMILES string of the molecule is NC(CCc1ccc(F)cc1)C1CCc2ccccc2C1. The average Bonchev–Trinajstić information content (AvgIpc) is 2.53. The van der Waals surface area contributed by atoms with Gasteiger partial charge in [-0.1, -0.05) is 36.4 Å². The molecule has 0 radical (unpaired) electrons. The molecule has 1 aliphatic carbocycles. The molecule has 0 heterocycles. The average molecular weight is 283 g/mol. The summed E-state index contributed by atoms with van der Waals surface area (Å²) in [5, 5.41) is 0. The summed E-state index contributed by atoms with van der Waals surface area (Å²) in [6.45, 7) is 0. The molecular formula is C19H22FN. The monoisotopic (exact) mass is 283 g/mol. The molecular weight excluding hydrogens is 261 g/mol. The largest absolute Gasteiger partial charge is 0.327 e. The van der Waals surface area contributed by atoms with Crippen LogP contribution in [0, 0.1) is 11.7 Å². The third-order valence-electron chi connectivity index (χ3n) is 4.67. The number of benzene rings is 2. The Morgan fingerprint density at radius 3 is 2.52 bits per heavy atom. The van der Waals surface area contributed by atoms with Crippen molar-refractivity contribution in [3.05, 3.63) is 71.0 Å². The van der Waals surface area contributed by atoms with Gasteiger partial charge in [0.15, 0.2) is 0 Å². The Morgan fingerprint density at radius 2 is 1.76 bits per heavy atom. The van der Waals surface area contributed by atoms with Gasteiger partial charge in [-0.15, -0.1) is 0 Å². The molecule has 0 bridgehead atoms. The summed E-state index contributed by atoms with van der Waals surface area (Å²) in [5.41, 5.74) is 10.5. The van der Waals surface area contributed by atoms with Crippen molar-refractivity contribution in [2.45, 2.75) is 38.1 Å². The minimum absolute atomic E-state index is 0.174. The number of fused-ring (bicyclic) bond motifs is 1. The molecule has 0 fully saturated rings. The number of nitrogens with two attached hydrogens (primary N) is 1. The van der Waals surface area contributed by atoms with Crippen LogP contribution in [0.25, 0.3) is 0 Å². The lowest BCUT2D eigenvalue weighted by Gasteiger charge is -2.29. The molecule has 2 aromatic carbocycles. The molecule has 0 saturated carbocycles. The van der Waals surface area contributed by atoms with Crippen LogP contribution in [-0.4, -0.2) is 6.04 Å². The van der Waals surface area contributed by atoms with E-state index in [1.165, 1.54) is 35.2 Å². The van der Waals surface area contributed by atoms with E-state index in [9.17, 15) is 4.39 Å². The van der Waals surface area contributed by atoms with Crippen molar-refractivity contribution in [2.24, 2.45) is 11.7 Å². The highest BCUT2D eigenvalue weighted by Gasteiger charge is 2.23. The van der Waals surface area contributed by atoms with Gasteiger partial charge in [0.2, 0.25) is 0 Å². The Balaban J connectivity index is 1.57. The zero-order valence-corrected chi connectivity index (χ0v) is 12.3. The van der Waals surface area contributed by atoms with Crippen molar-refractivity contribution in [1.82, 2.24) is 0 Å². The zero-order valence-electron chi connectivity index (χ0n) is 12.3. The van der Waals surface area contributed by atoms with Crippen LogP contribution in [0.1, 0.15) is 29.5 Å². The predicted molar refractivity (Wildman–Crippen MR) is 84.7 cm³/mol. The number of aryl methyl sites for hydroxylation is 2. The van der Waals surface area contributed by atoms with Gasteiger partial charge in [0, 0.05) is 6.04 Å². The van der Waals surface area contributed by atoms with Gasteiger partial charge in [0.1, 0.15) is 5.82 Å². The van der Waals surface area contributed by atoms with Crippen LogP contribution in [0.4, 0.5) is 4.39 Å². The van der Waals surface area contributed by atoms with E-state index in [0.29, 0.717) is 5.92 Å². The van der Waals surface area contributed by atoms with Crippen molar-refractivity contribution < 1.29 is 4.39 Å². The second kappa shape index (κ2) is 6.40. The summed E-state index contributed by atoms with van der Waals surface area (Å²) < 4.78 is 12.9. The molecule has 0 spiro atoms. The van der Waals surface area contributed by atoms with Crippen LogP contribution < -0.4 is 5.73 Å². The van der Waals surface area contributed by atoms with Crippen molar-refractivity contribution in [1.29, 1.82) is 0 Å². The van der Waals surface area contributed by atoms with Gasteiger partial charge in [0.05, 0.1) is 0 Å². The Morgan fingerprint density at radius 1 is 1.05 bits per heavy atom. The van der Waals surface area contributed by atoms with Gasteiger partial charge in [0.25, 0.3) is 0 Å². The molecule has 2 unspecified atom stereocenters. The van der Waals surface area contributed by atoms with Gasteiger partial charge < -0.3 is 5.73 Å². The van der Waals surface area contributed by atoms with Crippen molar-refractivity contribution in [3.63, 3.8) is 0 Å². The van der Waals surface area contributed by atoms with E-state index in [1.54, 1.807) is 0 Å². The van der Waals surface area contributed by atoms with E-state index in [0.717, 1.165) is 25.7 Å². The summed E-state index contributed by atoms with van der Waals surface area (Å²) in [7, 11) is 0. The van der Waals surface area contributed by atoms with E-state index in [1.807, 2.05) is 12.1 Å². The minimum atomic E-state index is -0.174. The summed E-state index contributed by atoms with van der Waals surface area (Å²) >= 11 is 0. The molecule has 2 heteroatoms. The van der Waals surface area contributed by atoms with E-state index >= 15 is 0 Å². The molecule has 2 aromatic rings. The first-order valence-electron chi connectivity index (χ1n) is 7.79. The lowest BCUT2D eigenvalue weighted by atomic mass is 9.79. The highest BCUT2D eigenvalue weighted by molar-refractivity contribution is 5.30. The van der Waals surface area contributed by atoms with Crippen molar-refractivity contribution in [2.75, 3.05) is 0 Å². The van der Waals surface area contributed by atoms with Crippen molar-refractivity contribution >= 4 is 0 Å². The fraction of sp³-hybridized carbons (Fsp3) is 0.368. The van der Waals surface area contributed by atoms with Crippen LogP contribution in [-0.2, 0) is 19.3 Å². The van der Waals surface area contributed by atoms with Crippen LogP contribution in [0.2, 0.25) is 0 Å². The number of hydrogen-bond donors (Lipinski definition) is 1. The molecule has 0 aromatic heterocycles. The molecule has 21 heavy (non-hydrogen) atoms. The summed E-state index contributed by atoms with van der Waals surface area (Å²) in [6.07, 6.45) is 5.32. The third kappa shape index (κ3) is 3.51. The lowest BCUT2D eigenvalue weighted by Crippen LogP contribution is -2.34. The van der Waals surface area contributed by atoms with Gasteiger partial charge in [-0.3, -0.25) is 0 Å². The Bertz CT molecular complexity index is 591. The van der Waals surface area contributed by atoms with E-state index in [2.05, 4.69) is 24.3 Å². The fourth-order valence-corrected chi connectivity index (χ4v) is 3.31. The minimum Gasteiger partial charge on any atom is -0.327 e. The van der Waals surface area contributed by atoms with Crippen LogP contribution >= 0.6 is 0 Å². The van der Waals surface area contributed by atoms with Crippen LogP contribution in [0.5, 0.6) is 0 Å². The lowest BCUT2D eigenvalue weighted by molar-refractivity contribution is 0.359. The topological polar surface area (TPSA) is 26.0 Å². The van der Waals surface area contributed by atoms with E-state index in [-0.39, 0.29) is 11.9 Å². The standard InChI is InChI=1S/C19H22FN/c20-18-10-5-14(6-11-18)7-12-19(21)17-9-8-15-3-1-2-4-16(15)13-17/h1-6,10-11,17,19H,7-9,12-13,21H2. The molecule has 2 atom stereocenters. The normalized spacial score (nSPS) is 19.0. The number of hydrogen-bond acceptors (Lipinski definition) is 1. The Kier molecular flexibility index (Phi) is 4.35. The Hall–Kier alpha value is -1.67. The smallest absolute Gasteiger partial charge is 0.123 e. The highest BCUT2D eigenvalue weighted by atomic mass is 19.1. The third-order valence-corrected chi connectivity index (χ3v) is 4.67. The zero-order chi connectivity index (χ0) is 14.7. The molecule has 110 valence electrons. The van der Waals surface area contributed by atoms with Gasteiger partial charge in [-0.25, -0.2) is 4.39 Å². The molecule has 1 nitrogen and oxygen atoms in total. The maximum atomic E-state index is 12.9. The first-order valence-corrected chi connectivity index (χ1v) is 7.79. The molecule has 2 N–H and O–H groups in total. The first-order chi connectivity index (χ1) is 10.2. The van der Waals surface area contributed by atoms with Gasteiger partial charge in [-0.2, -0.15) is 0 Å². The fourth-order valence-electron chi connectivity index (χ4n) is 3.31. The van der Waals surface area contributed by atoms with E-state index in [4.69, 9.17) is 5.73 Å². The molecule has 0 amide bonds. The summed E-state index contributed by atoms with van der Waals surface area (Å²) in [6, 6.07) is 15.7.